The summed E-state index contributed by atoms with van der Waals surface area (Å²) in [6.45, 7) is 0. The molecule has 0 bridgehead atoms. The lowest BCUT2D eigenvalue weighted by Crippen LogP contribution is -1.88. The lowest BCUT2D eigenvalue weighted by Gasteiger charge is -2.02. The first-order valence-electron chi connectivity index (χ1n) is 5.18. The maximum absolute atomic E-state index is 4.43. The Morgan fingerprint density at radius 3 is 2.89 bits per heavy atom. The van der Waals surface area contributed by atoms with Crippen LogP contribution in [0.15, 0.2) is 39.4 Å². The van der Waals surface area contributed by atoms with Crippen LogP contribution >= 0.6 is 39.0 Å². The highest BCUT2D eigenvalue weighted by molar-refractivity contribution is 9.10. The molecular weight excluding hydrogens is 330 g/mol. The van der Waals surface area contributed by atoms with Crippen molar-refractivity contribution in [2.45, 2.75) is 4.21 Å². The topological polar surface area (TPSA) is 38.7 Å². The van der Waals surface area contributed by atoms with E-state index in [-0.39, 0.29) is 0 Å². The van der Waals surface area contributed by atoms with E-state index < -0.39 is 0 Å². The first-order valence-corrected chi connectivity index (χ1v) is 8.02. The van der Waals surface area contributed by atoms with Crippen LogP contribution in [0.25, 0.3) is 21.6 Å². The predicted molar refractivity (Wildman–Crippen MR) is 80.1 cm³/mol. The Morgan fingerprint density at radius 1 is 1.22 bits per heavy atom. The summed E-state index contributed by atoms with van der Waals surface area (Å²) in [6.07, 6.45) is 5.52. The van der Waals surface area contributed by atoms with Gasteiger partial charge in [-0.15, -0.1) is 23.1 Å². The second-order valence-electron chi connectivity index (χ2n) is 3.57. The van der Waals surface area contributed by atoms with Crippen LogP contribution in [0.1, 0.15) is 0 Å². The lowest BCUT2D eigenvalue weighted by atomic mass is 10.2. The van der Waals surface area contributed by atoms with E-state index in [4.69, 9.17) is 0 Å². The summed E-state index contributed by atoms with van der Waals surface area (Å²) in [7, 11) is 0. The first kappa shape index (κ1) is 12.1. The van der Waals surface area contributed by atoms with Crippen LogP contribution in [0.2, 0.25) is 0 Å². The summed E-state index contributed by atoms with van der Waals surface area (Å²) in [5, 5.41) is 1.96. The molecule has 2 heterocycles. The Hall–Kier alpha value is -0.980. The smallest absolute Gasteiger partial charge is 0.143 e. The van der Waals surface area contributed by atoms with Gasteiger partial charge >= 0.3 is 0 Å². The molecule has 0 N–H and O–H groups in total. The van der Waals surface area contributed by atoms with Crippen LogP contribution in [0, 0.1) is 0 Å². The zero-order chi connectivity index (χ0) is 12.5. The van der Waals surface area contributed by atoms with E-state index >= 15 is 0 Å². The van der Waals surface area contributed by atoms with Gasteiger partial charge in [0.1, 0.15) is 17.0 Å². The summed E-state index contributed by atoms with van der Waals surface area (Å²) in [6, 6.07) is 5.99. The molecule has 2 aromatic heterocycles. The molecule has 0 aliphatic heterocycles. The van der Waals surface area contributed by atoms with Crippen molar-refractivity contribution in [3.63, 3.8) is 0 Å². The fraction of sp³-hybridized carbons (Fsp3) is 0.0833. The van der Waals surface area contributed by atoms with Crippen LogP contribution in [-0.2, 0) is 0 Å². The standard InChI is InChI=1S/C12H8BrN3S2/c1-17-10-5-14-12(18-10)11-8-4-7(13)2-3-9(8)15-6-16-11/h2-6H,1H3. The number of rotatable bonds is 2. The van der Waals surface area contributed by atoms with Gasteiger partial charge in [0, 0.05) is 9.86 Å². The minimum Gasteiger partial charge on any atom is -0.242 e. The first-order chi connectivity index (χ1) is 8.78. The molecule has 0 saturated carbocycles. The normalized spacial score (nSPS) is 11.0. The van der Waals surface area contributed by atoms with Gasteiger partial charge in [-0.25, -0.2) is 15.0 Å². The molecule has 3 aromatic rings. The predicted octanol–water partition coefficient (Wildman–Crippen LogP) is 4.24. The number of thioether (sulfide) groups is 1. The van der Waals surface area contributed by atoms with E-state index in [0.717, 1.165) is 26.1 Å². The Labute approximate surface area is 121 Å². The van der Waals surface area contributed by atoms with Crippen LogP contribution in [0.3, 0.4) is 0 Å². The molecule has 0 fully saturated rings. The highest BCUT2D eigenvalue weighted by atomic mass is 79.9. The molecule has 6 heteroatoms. The minimum absolute atomic E-state index is 0.895. The van der Waals surface area contributed by atoms with E-state index in [1.54, 1.807) is 29.4 Å². The largest absolute Gasteiger partial charge is 0.242 e. The zero-order valence-corrected chi connectivity index (χ0v) is 12.6. The van der Waals surface area contributed by atoms with Crippen LogP contribution in [0.4, 0.5) is 0 Å². The monoisotopic (exact) mass is 337 g/mol. The summed E-state index contributed by atoms with van der Waals surface area (Å²) < 4.78 is 2.21. The third-order valence-corrected chi connectivity index (χ3v) is 5.04. The molecule has 3 nitrogen and oxygen atoms in total. The van der Waals surface area contributed by atoms with Gasteiger partial charge in [-0.3, -0.25) is 0 Å². The van der Waals surface area contributed by atoms with Crippen molar-refractivity contribution in [1.29, 1.82) is 0 Å². The van der Waals surface area contributed by atoms with Gasteiger partial charge in [-0.2, -0.15) is 0 Å². The molecule has 0 saturated heterocycles. The molecule has 0 aliphatic carbocycles. The third-order valence-electron chi connectivity index (χ3n) is 2.49. The van der Waals surface area contributed by atoms with E-state index in [0.29, 0.717) is 0 Å². The lowest BCUT2D eigenvalue weighted by molar-refractivity contribution is 1.21. The fourth-order valence-electron chi connectivity index (χ4n) is 1.66. The molecule has 0 unspecified atom stereocenters. The summed E-state index contributed by atoms with van der Waals surface area (Å²) in [4.78, 5) is 13.1. The van der Waals surface area contributed by atoms with Crippen molar-refractivity contribution >= 4 is 49.9 Å². The fourth-order valence-corrected chi connectivity index (χ4v) is 3.41. The molecule has 0 radical (unpaired) electrons. The molecule has 3 rings (SSSR count). The van der Waals surface area contributed by atoms with Crippen LogP contribution in [0.5, 0.6) is 0 Å². The molecule has 0 aliphatic rings. The molecular formula is C12H8BrN3S2. The molecule has 0 amide bonds. The SMILES string of the molecule is CSc1cnc(-c2ncnc3ccc(Br)cc23)s1. The Bertz CT molecular complexity index is 711. The van der Waals surface area contributed by atoms with Crippen molar-refractivity contribution in [3.8, 4) is 10.7 Å². The van der Waals surface area contributed by atoms with E-state index in [9.17, 15) is 0 Å². The van der Waals surface area contributed by atoms with Gasteiger partial charge in [-0.1, -0.05) is 15.9 Å². The van der Waals surface area contributed by atoms with Gasteiger partial charge in [0.2, 0.25) is 0 Å². The Morgan fingerprint density at radius 2 is 2.11 bits per heavy atom. The second kappa shape index (κ2) is 4.95. The number of aromatic nitrogens is 3. The highest BCUT2D eigenvalue weighted by Crippen LogP contribution is 2.33. The van der Waals surface area contributed by atoms with Gasteiger partial charge in [-0.05, 0) is 24.5 Å². The van der Waals surface area contributed by atoms with Gasteiger partial charge in [0.05, 0.1) is 15.9 Å². The van der Waals surface area contributed by atoms with Crippen molar-refractivity contribution in [3.05, 3.63) is 35.2 Å². The Kier molecular flexibility index (Phi) is 3.32. The van der Waals surface area contributed by atoms with Crippen molar-refractivity contribution in [1.82, 2.24) is 15.0 Å². The molecule has 0 atom stereocenters. The quantitative estimate of drug-likeness (QED) is 0.655. The van der Waals surface area contributed by atoms with E-state index in [2.05, 4.69) is 30.9 Å². The molecule has 90 valence electrons. The minimum atomic E-state index is 0.895. The number of nitrogens with zero attached hydrogens (tertiary/aromatic N) is 3. The maximum Gasteiger partial charge on any atom is 0.143 e. The molecule has 1 aromatic carbocycles. The van der Waals surface area contributed by atoms with Crippen molar-refractivity contribution < 1.29 is 0 Å². The summed E-state index contributed by atoms with van der Waals surface area (Å²) >= 11 is 6.83. The number of fused-ring (bicyclic) bond motifs is 1. The Balaban J connectivity index is 2.24. The second-order valence-corrected chi connectivity index (χ2v) is 6.63. The number of hydrogen-bond acceptors (Lipinski definition) is 5. The number of hydrogen-bond donors (Lipinski definition) is 0. The summed E-state index contributed by atoms with van der Waals surface area (Å²) in [5.41, 5.74) is 1.83. The van der Waals surface area contributed by atoms with Crippen LogP contribution in [-0.4, -0.2) is 21.2 Å². The van der Waals surface area contributed by atoms with Crippen molar-refractivity contribution in [2.75, 3.05) is 6.26 Å². The van der Waals surface area contributed by atoms with Gasteiger partial charge in [0.25, 0.3) is 0 Å². The van der Waals surface area contributed by atoms with Crippen molar-refractivity contribution in [2.24, 2.45) is 0 Å². The van der Waals surface area contributed by atoms with Gasteiger partial charge in [0.15, 0.2) is 0 Å². The number of halogens is 1. The van der Waals surface area contributed by atoms with E-state index in [1.165, 1.54) is 4.21 Å². The molecule has 0 spiro atoms. The number of benzene rings is 1. The van der Waals surface area contributed by atoms with E-state index in [1.807, 2.05) is 30.7 Å². The average Bonchev–Trinajstić information content (AvgIpc) is 2.86. The average molecular weight is 338 g/mol. The van der Waals surface area contributed by atoms with Crippen LogP contribution < -0.4 is 0 Å². The maximum atomic E-state index is 4.43. The van der Waals surface area contributed by atoms with Gasteiger partial charge < -0.3 is 0 Å². The highest BCUT2D eigenvalue weighted by Gasteiger charge is 2.10. The zero-order valence-electron chi connectivity index (χ0n) is 9.42. The summed E-state index contributed by atoms with van der Waals surface area (Å²) in [5.74, 6) is 0. The number of thiazole rings is 1. The third kappa shape index (κ3) is 2.15. The molecule has 18 heavy (non-hydrogen) atoms.